The highest BCUT2D eigenvalue weighted by Gasteiger charge is 2.02. The minimum Gasteiger partial charge on any atom is -0.488 e. The second kappa shape index (κ2) is 3.82. The van der Waals surface area contributed by atoms with Crippen molar-refractivity contribution in [3.63, 3.8) is 0 Å². The van der Waals surface area contributed by atoms with Gasteiger partial charge in [-0.15, -0.1) is 0 Å². The van der Waals surface area contributed by atoms with Crippen molar-refractivity contribution in [2.24, 2.45) is 5.73 Å². The van der Waals surface area contributed by atoms with Gasteiger partial charge in [-0.1, -0.05) is 6.07 Å². The summed E-state index contributed by atoms with van der Waals surface area (Å²) in [6.45, 7) is 0.881. The van der Waals surface area contributed by atoms with E-state index in [9.17, 15) is 0 Å². The lowest BCUT2D eigenvalue weighted by atomic mass is 10.2. The van der Waals surface area contributed by atoms with Gasteiger partial charge < -0.3 is 21.9 Å². The predicted molar refractivity (Wildman–Crippen MR) is 49.8 cm³/mol. The number of para-hydroxylation sites is 1. The summed E-state index contributed by atoms with van der Waals surface area (Å²) in [5, 5.41) is 0. The number of ether oxygens (including phenoxy) is 1. The molecule has 0 bridgehead atoms. The average Bonchev–Trinajstić information content (AvgIpc) is 2.04. The molecule has 0 aliphatic rings. The SMILES string of the molecule is NCCOc1c(N)cccc1N. The molecule has 1 rings (SSSR count). The third-order valence-corrected chi connectivity index (χ3v) is 1.44. The van der Waals surface area contributed by atoms with Gasteiger partial charge in [0.25, 0.3) is 0 Å². The van der Waals surface area contributed by atoms with Gasteiger partial charge in [0, 0.05) is 6.54 Å². The highest BCUT2D eigenvalue weighted by atomic mass is 16.5. The molecule has 0 atom stereocenters. The van der Waals surface area contributed by atoms with Crippen LogP contribution in [0.3, 0.4) is 0 Å². The minimum absolute atomic E-state index is 0.429. The van der Waals surface area contributed by atoms with Crippen LogP contribution in [-0.2, 0) is 0 Å². The Labute approximate surface area is 71.3 Å². The first kappa shape index (κ1) is 8.67. The Bertz CT molecular complexity index is 242. The topological polar surface area (TPSA) is 87.3 Å². The van der Waals surface area contributed by atoms with Crippen molar-refractivity contribution in [3.8, 4) is 5.75 Å². The molecule has 0 saturated heterocycles. The minimum atomic E-state index is 0.429. The Morgan fingerprint density at radius 1 is 1.17 bits per heavy atom. The van der Waals surface area contributed by atoms with Crippen molar-refractivity contribution in [2.45, 2.75) is 0 Å². The summed E-state index contributed by atoms with van der Waals surface area (Å²) in [5.41, 5.74) is 17.6. The Kier molecular flexibility index (Phi) is 2.76. The smallest absolute Gasteiger partial charge is 0.165 e. The van der Waals surface area contributed by atoms with Crippen LogP contribution >= 0.6 is 0 Å². The fourth-order valence-electron chi connectivity index (χ4n) is 0.901. The molecule has 6 N–H and O–H groups in total. The maximum absolute atomic E-state index is 5.62. The number of rotatable bonds is 3. The summed E-state index contributed by atoms with van der Waals surface area (Å²) in [7, 11) is 0. The van der Waals surface area contributed by atoms with Crippen LogP contribution in [0.1, 0.15) is 0 Å². The molecule has 0 amide bonds. The van der Waals surface area contributed by atoms with E-state index in [4.69, 9.17) is 21.9 Å². The van der Waals surface area contributed by atoms with Crippen LogP contribution in [0, 0.1) is 0 Å². The largest absolute Gasteiger partial charge is 0.488 e. The van der Waals surface area contributed by atoms with E-state index in [0.717, 1.165) is 0 Å². The molecule has 0 aromatic heterocycles. The lowest BCUT2D eigenvalue weighted by Crippen LogP contribution is -2.12. The highest BCUT2D eigenvalue weighted by Crippen LogP contribution is 2.27. The van der Waals surface area contributed by atoms with E-state index in [1.165, 1.54) is 0 Å². The van der Waals surface area contributed by atoms with Crippen molar-refractivity contribution in [3.05, 3.63) is 18.2 Å². The highest BCUT2D eigenvalue weighted by molar-refractivity contribution is 5.66. The maximum atomic E-state index is 5.62. The normalized spacial score (nSPS) is 9.75. The van der Waals surface area contributed by atoms with E-state index < -0.39 is 0 Å². The zero-order valence-electron chi connectivity index (χ0n) is 6.79. The van der Waals surface area contributed by atoms with Crippen LogP contribution in [0.2, 0.25) is 0 Å². The third-order valence-electron chi connectivity index (χ3n) is 1.44. The average molecular weight is 167 g/mol. The van der Waals surface area contributed by atoms with Gasteiger partial charge in [-0.2, -0.15) is 0 Å². The molecule has 1 aromatic rings. The Balaban J connectivity index is 2.81. The summed E-state index contributed by atoms with van der Waals surface area (Å²) < 4.78 is 5.24. The van der Waals surface area contributed by atoms with E-state index in [0.29, 0.717) is 30.3 Å². The summed E-state index contributed by atoms with van der Waals surface area (Å²) in [6, 6.07) is 5.25. The molecule has 0 aliphatic carbocycles. The zero-order chi connectivity index (χ0) is 8.97. The van der Waals surface area contributed by atoms with Gasteiger partial charge in [-0.3, -0.25) is 0 Å². The van der Waals surface area contributed by atoms with Crippen molar-refractivity contribution in [1.29, 1.82) is 0 Å². The molecule has 4 heteroatoms. The summed E-state index contributed by atoms with van der Waals surface area (Å²) in [5.74, 6) is 0.531. The van der Waals surface area contributed by atoms with Crippen LogP contribution in [0.25, 0.3) is 0 Å². The van der Waals surface area contributed by atoms with Gasteiger partial charge in [0.1, 0.15) is 6.61 Å². The van der Waals surface area contributed by atoms with E-state index >= 15 is 0 Å². The molecule has 4 nitrogen and oxygen atoms in total. The Morgan fingerprint density at radius 2 is 1.75 bits per heavy atom. The maximum Gasteiger partial charge on any atom is 0.165 e. The van der Waals surface area contributed by atoms with E-state index in [-0.39, 0.29) is 0 Å². The Morgan fingerprint density at radius 3 is 2.25 bits per heavy atom. The molecule has 0 spiro atoms. The molecule has 0 saturated carbocycles. The van der Waals surface area contributed by atoms with Gasteiger partial charge in [0.05, 0.1) is 11.4 Å². The molecule has 12 heavy (non-hydrogen) atoms. The van der Waals surface area contributed by atoms with Crippen LogP contribution in [0.4, 0.5) is 11.4 Å². The molecule has 0 fully saturated rings. The predicted octanol–water partition coefficient (Wildman–Crippen LogP) is 0.188. The van der Waals surface area contributed by atoms with Crippen LogP contribution < -0.4 is 21.9 Å². The molecule has 0 aliphatic heterocycles. The first-order chi connectivity index (χ1) is 5.75. The quantitative estimate of drug-likeness (QED) is 0.561. The zero-order valence-corrected chi connectivity index (χ0v) is 6.79. The second-order valence-electron chi connectivity index (χ2n) is 2.40. The molecular formula is C8H13N3O. The van der Waals surface area contributed by atoms with Gasteiger partial charge >= 0.3 is 0 Å². The van der Waals surface area contributed by atoms with E-state index in [1.54, 1.807) is 18.2 Å². The third kappa shape index (κ3) is 1.79. The van der Waals surface area contributed by atoms with E-state index in [2.05, 4.69) is 0 Å². The summed E-state index contributed by atoms with van der Waals surface area (Å²) >= 11 is 0. The first-order valence-electron chi connectivity index (χ1n) is 3.72. The lowest BCUT2D eigenvalue weighted by molar-refractivity contribution is 0.332. The van der Waals surface area contributed by atoms with Gasteiger partial charge in [0.2, 0.25) is 0 Å². The van der Waals surface area contributed by atoms with Crippen LogP contribution in [0.15, 0.2) is 18.2 Å². The van der Waals surface area contributed by atoms with Crippen molar-refractivity contribution >= 4 is 11.4 Å². The standard InChI is InChI=1S/C8H13N3O/c9-4-5-12-8-6(10)2-1-3-7(8)11/h1-3H,4-5,9-11H2. The number of hydrogen-bond acceptors (Lipinski definition) is 4. The second-order valence-corrected chi connectivity index (χ2v) is 2.40. The molecule has 0 heterocycles. The molecule has 66 valence electrons. The van der Waals surface area contributed by atoms with Crippen molar-refractivity contribution < 1.29 is 4.74 Å². The molecule has 0 radical (unpaired) electrons. The van der Waals surface area contributed by atoms with Gasteiger partial charge in [-0.05, 0) is 12.1 Å². The van der Waals surface area contributed by atoms with Gasteiger partial charge in [0.15, 0.2) is 5.75 Å². The first-order valence-corrected chi connectivity index (χ1v) is 3.72. The number of nitrogens with two attached hydrogens (primary N) is 3. The molecule has 1 aromatic carbocycles. The van der Waals surface area contributed by atoms with E-state index in [1.807, 2.05) is 0 Å². The van der Waals surface area contributed by atoms with Crippen molar-refractivity contribution in [1.82, 2.24) is 0 Å². The van der Waals surface area contributed by atoms with Crippen molar-refractivity contribution in [2.75, 3.05) is 24.6 Å². The number of benzene rings is 1. The molecular weight excluding hydrogens is 154 g/mol. The lowest BCUT2D eigenvalue weighted by Gasteiger charge is -2.09. The van der Waals surface area contributed by atoms with Crippen LogP contribution in [0.5, 0.6) is 5.75 Å². The fourth-order valence-corrected chi connectivity index (χ4v) is 0.901. The Hall–Kier alpha value is -1.42. The number of nitrogen functional groups attached to an aromatic ring is 2. The summed E-state index contributed by atoms with van der Waals surface area (Å²) in [4.78, 5) is 0. The number of hydrogen-bond donors (Lipinski definition) is 3. The summed E-state index contributed by atoms with van der Waals surface area (Å²) in [6.07, 6.45) is 0. The number of anilines is 2. The van der Waals surface area contributed by atoms with Crippen LogP contribution in [-0.4, -0.2) is 13.2 Å². The fraction of sp³-hybridized carbons (Fsp3) is 0.250. The monoisotopic (exact) mass is 167 g/mol. The molecule has 0 unspecified atom stereocenters. The van der Waals surface area contributed by atoms with Gasteiger partial charge in [-0.25, -0.2) is 0 Å².